The van der Waals surface area contributed by atoms with Crippen molar-refractivity contribution in [2.45, 2.75) is 89.1 Å². The molecule has 0 atom stereocenters. The van der Waals surface area contributed by atoms with E-state index in [1.54, 1.807) is 0 Å². The first-order valence-corrected chi connectivity index (χ1v) is 9.53. The van der Waals surface area contributed by atoms with Gasteiger partial charge in [-0.1, -0.05) is 51.4 Å². The van der Waals surface area contributed by atoms with Crippen LogP contribution in [0, 0.1) is 0 Å². The van der Waals surface area contributed by atoms with Gasteiger partial charge in [-0.15, -0.1) is 0 Å². The van der Waals surface area contributed by atoms with E-state index < -0.39 is 0 Å². The molecule has 0 aromatic heterocycles. The van der Waals surface area contributed by atoms with Crippen LogP contribution in [0.2, 0.25) is 0 Å². The molecule has 1 aromatic carbocycles. The molecule has 0 radical (unpaired) electrons. The second kappa shape index (κ2) is 8.45. The maximum atomic E-state index is 3.73. The van der Waals surface area contributed by atoms with E-state index in [9.17, 15) is 0 Å². The molecule has 2 N–H and O–H groups in total. The highest BCUT2D eigenvalue weighted by Crippen LogP contribution is 2.24. The Labute approximate surface area is 136 Å². The first kappa shape index (κ1) is 15.7. The molecule has 2 heteroatoms. The van der Waals surface area contributed by atoms with Crippen LogP contribution in [0.4, 0.5) is 11.4 Å². The maximum Gasteiger partial charge on any atom is 0.0343 e. The van der Waals surface area contributed by atoms with Gasteiger partial charge < -0.3 is 10.6 Å². The van der Waals surface area contributed by atoms with Crippen molar-refractivity contribution in [2.75, 3.05) is 10.6 Å². The molecule has 2 fully saturated rings. The SMILES string of the molecule is c1cc(NC2CCCCCC2)ccc1NC1CCCCCC1. The number of hydrogen-bond donors (Lipinski definition) is 2. The third-order valence-corrected chi connectivity index (χ3v) is 5.34. The predicted octanol–water partition coefficient (Wildman–Crippen LogP) is 5.96. The zero-order valence-electron chi connectivity index (χ0n) is 13.9. The predicted molar refractivity (Wildman–Crippen MR) is 96.7 cm³/mol. The number of anilines is 2. The van der Waals surface area contributed by atoms with Gasteiger partial charge in [0, 0.05) is 23.5 Å². The van der Waals surface area contributed by atoms with Gasteiger partial charge in [0.1, 0.15) is 0 Å². The zero-order valence-corrected chi connectivity index (χ0v) is 13.9. The summed E-state index contributed by atoms with van der Waals surface area (Å²) >= 11 is 0. The lowest BCUT2D eigenvalue weighted by Crippen LogP contribution is -2.19. The fraction of sp³-hybridized carbons (Fsp3) is 0.700. The topological polar surface area (TPSA) is 24.1 Å². The second-order valence-electron chi connectivity index (χ2n) is 7.24. The van der Waals surface area contributed by atoms with Crippen molar-refractivity contribution >= 4 is 11.4 Å². The van der Waals surface area contributed by atoms with E-state index in [1.165, 1.54) is 88.4 Å². The van der Waals surface area contributed by atoms with Crippen LogP contribution in [-0.4, -0.2) is 12.1 Å². The molecule has 122 valence electrons. The van der Waals surface area contributed by atoms with E-state index >= 15 is 0 Å². The Morgan fingerprint density at radius 2 is 0.818 bits per heavy atom. The third kappa shape index (κ3) is 4.93. The number of hydrogen-bond acceptors (Lipinski definition) is 2. The lowest BCUT2D eigenvalue weighted by molar-refractivity contribution is 0.618. The van der Waals surface area contributed by atoms with Crippen molar-refractivity contribution in [1.29, 1.82) is 0 Å². The summed E-state index contributed by atoms with van der Waals surface area (Å²) in [6.07, 6.45) is 16.6. The molecule has 0 aliphatic heterocycles. The summed E-state index contributed by atoms with van der Waals surface area (Å²) in [4.78, 5) is 0. The molecule has 0 bridgehead atoms. The van der Waals surface area contributed by atoms with Crippen LogP contribution in [0.3, 0.4) is 0 Å². The second-order valence-corrected chi connectivity index (χ2v) is 7.24. The van der Waals surface area contributed by atoms with E-state index in [0.29, 0.717) is 12.1 Å². The van der Waals surface area contributed by atoms with Crippen molar-refractivity contribution < 1.29 is 0 Å². The molecule has 0 heterocycles. The van der Waals surface area contributed by atoms with Crippen LogP contribution in [-0.2, 0) is 0 Å². The molecular weight excluding hydrogens is 268 g/mol. The van der Waals surface area contributed by atoms with Gasteiger partial charge in [0.15, 0.2) is 0 Å². The van der Waals surface area contributed by atoms with E-state index in [0.717, 1.165) is 0 Å². The Balaban J connectivity index is 1.50. The first-order chi connectivity index (χ1) is 10.9. The maximum absolute atomic E-state index is 3.73. The van der Waals surface area contributed by atoms with Crippen LogP contribution >= 0.6 is 0 Å². The summed E-state index contributed by atoms with van der Waals surface area (Å²) in [5, 5.41) is 7.47. The lowest BCUT2D eigenvalue weighted by Gasteiger charge is -2.20. The van der Waals surface area contributed by atoms with Crippen molar-refractivity contribution in [2.24, 2.45) is 0 Å². The lowest BCUT2D eigenvalue weighted by atomic mass is 10.1. The van der Waals surface area contributed by atoms with Gasteiger partial charge >= 0.3 is 0 Å². The van der Waals surface area contributed by atoms with Gasteiger partial charge in [-0.25, -0.2) is 0 Å². The smallest absolute Gasteiger partial charge is 0.0343 e. The number of rotatable bonds is 4. The van der Waals surface area contributed by atoms with Crippen LogP contribution in [0.1, 0.15) is 77.0 Å². The van der Waals surface area contributed by atoms with E-state index in [-0.39, 0.29) is 0 Å². The molecule has 2 aliphatic rings. The minimum atomic E-state index is 0.683. The van der Waals surface area contributed by atoms with Gasteiger partial charge in [-0.3, -0.25) is 0 Å². The van der Waals surface area contributed by atoms with Crippen LogP contribution < -0.4 is 10.6 Å². The van der Waals surface area contributed by atoms with Crippen LogP contribution in [0.5, 0.6) is 0 Å². The average Bonchev–Trinajstić information content (AvgIpc) is 2.94. The minimum absolute atomic E-state index is 0.683. The Morgan fingerprint density at radius 1 is 0.500 bits per heavy atom. The zero-order chi connectivity index (χ0) is 15.0. The monoisotopic (exact) mass is 300 g/mol. The number of nitrogens with one attached hydrogen (secondary N) is 2. The molecule has 3 rings (SSSR count). The average molecular weight is 300 g/mol. The van der Waals surface area contributed by atoms with E-state index in [2.05, 4.69) is 34.9 Å². The summed E-state index contributed by atoms with van der Waals surface area (Å²) in [7, 11) is 0. The molecular formula is C20H32N2. The summed E-state index contributed by atoms with van der Waals surface area (Å²) in [5.74, 6) is 0. The van der Waals surface area contributed by atoms with Crippen molar-refractivity contribution in [3.8, 4) is 0 Å². The van der Waals surface area contributed by atoms with Crippen molar-refractivity contribution in [3.05, 3.63) is 24.3 Å². The molecule has 0 unspecified atom stereocenters. The molecule has 0 amide bonds. The van der Waals surface area contributed by atoms with Gasteiger partial charge in [0.25, 0.3) is 0 Å². The summed E-state index contributed by atoms with van der Waals surface area (Å²) in [6.45, 7) is 0. The Hall–Kier alpha value is -1.18. The van der Waals surface area contributed by atoms with Crippen LogP contribution in [0.25, 0.3) is 0 Å². The Bertz CT molecular complexity index is 369. The first-order valence-electron chi connectivity index (χ1n) is 9.53. The largest absolute Gasteiger partial charge is 0.382 e. The van der Waals surface area contributed by atoms with E-state index in [1.807, 2.05) is 0 Å². The van der Waals surface area contributed by atoms with Crippen LogP contribution in [0.15, 0.2) is 24.3 Å². The van der Waals surface area contributed by atoms with Gasteiger partial charge in [0.2, 0.25) is 0 Å². The van der Waals surface area contributed by atoms with Crippen molar-refractivity contribution in [1.82, 2.24) is 0 Å². The molecule has 1 aromatic rings. The van der Waals surface area contributed by atoms with Gasteiger partial charge in [-0.05, 0) is 49.9 Å². The standard InChI is InChI=1S/C20H32N2/c1-2-6-10-17(9-5-1)21-19-13-15-20(16-14-19)22-18-11-7-3-4-8-12-18/h13-18,21-22H,1-12H2. The molecule has 0 spiro atoms. The molecule has 2 saturated carbocycles. The summed E-state index contributed by atoms with van der Waals surface area (Å²) < 4.78 is 0. The highest BCUT2D eigenvalue weighted by molar-refractivity contribution is 5.54. The molecule has 22 heavy (non-hydrogen) atoms. The molecule has 2 nitrogen and oxygen atoms in total. The quantitative estimate of drug-likeness (QED) is 0.671. The normalized spacial score (nSPS) is 21.8. The Morgan fingerprint density at radius 3 is 1.14 bits per heavy atom. The fourth-order valence-corrected chi connectivity index (χ4v) is 3.98. The summed E-state index contributed by atoms with van der Waals surface area (Å²) in [5.41, 5.74) is 2.58. The number of benzene rings is 1. The molecule has 0 saturated heterocycles. The van der Waals surface area contributed by atoms with E-state index in [4.69, 9.17) is 0 Å². The third-order valence-electron chi connectivity index (χ3n) is 5.34. The Kier molecular flexibility index (Phi) is 6.03. The van der Waals surface area contributed by atoms with Gasteiger partial charge in [0.05, 0.1) is 0 Å². The highest BCUT2D eigenvalue weighted by atomic mass is 14.9. The minimum Gasteiger partial charge on any atom is -0.382 e. The fourth-order valence-electron chi connectivity index (χ4n) is 3.98. The highest BCUT2D eigenvalue weighted by Gasteiger charge is 2.13. The van der Waals surface area contributed by atoms with Gasteiger partial charge in [-0.2, -0.15) is 0 Å². The summed E-state index contributed by atoms with van der Waals surface area (Å²) in [6, 6.07) is 10.4. The molecule has 2 aliphatic carbocycles. The van der Waals surface area contributed by atoms with Crippen molar-refractivity contribution in [3.63, 3.8) is 0 Å².